The number of likely N-dealkylation sites (tertiary alicyclic amines) is 1. The molecule has 0 aromatic rings. The Labute approximate surface area is 153 Å². The summed E-state index contributed by atoms with van der Waals surface area (Å²) in [6.45, 7) is -0.473. The molecule has 0 aromatic heterocycles. The van der Waals surface area contributed by atoms with Gasteiger partial charge in [0.15, 0.2) is 5.41 Å². The van der Waals surface area contributed by atoms with Gasteiger partial charge in [-0.3, -0.25) is 4.79 Å². The molecule has 0 spiro atoms. The molecule has 0 bridgehead atoms. The molecule has 12 heteroatoms. The van der Waals surface area contributed by atoms with Crippen molar-refractivity contribution in [3.63, 3.8) is 0 Å². The van der Waals surface area contributed by atoms with Crippen molar-refractivity contribution in [1.82, 2.24) is 9.21 Å². The lowest BCUT2D eigenvalue weighted by Gasteiger charge is -2.35. The summed E-state index contributed by atoms with van der Waals surface area (Å²) in [7, 11) is -3.59. The van der Waals surface area contributed by atoms with Crippen molar-refractivity contribution in [1.29, 1.82) is 0 Å². The number of amides is 1. The average Bonchev–Trinajstić information content (AvgIpc) is 3.00. The lowest BCUT2D eigenvalue weighted by Crippen LogP contribution is -2.53. The molecule has 0 aromatic carbocycles. The van der Waals surface area contributed by atoms with E-state index in [4.69, 9.17) is 0 Å². The van der Waals surface area contributed by atoms with E-state index in [1.54, 1.807) is 6.92 Å². The van der Waals surface area contributed by atoms with Crippen LogP contribution < -0.4 is 0 Å². The first-order valence-electron chi connectivity index (χ1n) is 8.65. The number of carbonyl (C=O) groups is 1. The molecule has 1 atom stereocenters. The fourth-order valence-electron chi connectivity index (χ4n) is 3.66. The van der Waals surface area contributed by atoms with Crippen LogP contribution >= 0.6 is 0 Å². The molecule has 5 nitrogen and oxygen atoms in total. The van der Waals surface area contributed by atoms with Crippen LogP contribution in [-0.4, -0.2) is 67.8 Å². The maximum atomic E-state index is 13.1. The number of hydrogen-bond acceptors (Lipinski definition) is 3. The van der Waals surface area contributed by atoms with Gasteiger partial charge in [0, 0.05) is 26.2 Å². The van der Waals surface area contributed by atoms with Gasteiger partial charge >= 0.3 is 12.4 Å². The quantitative estimate of drug-likeness (QED) is 0.653. The van der Waals surface area contributed by atoms with E-state index in [9.17, 15) is 39.6 Å². The topological polar surface area (TPSA) is 57.7 Å². The predicted octanol–water partition coefficient (Wildman–Crippen LogP) is 2.78. The number of hydrogen-bond donors (Lipinski definition) is 0. The van der Waals surface area contributed by atoms with Crippen LogP contribution in [-0.2, 0) is 14.8 Å². The van der Waals surface area contributed by atoms with Gasteiger partial charge in [-0.2, -0.15) is 26.3 Å². The molecule has 1 unspecified atom stereocenters. The smallest absolute Gasteiger partial charge is 0.341 e. The van der Waals surface area contributed by atoms with Gasteiger partial charge in [-0.15, -0.1) is 0 Å². The number of piperidine rings is 1. The Morgan fingerprint density at radius 3 is 2.19 bits per heavy atom. The minimum Gasteiger partial charge on any atom is -0.341 e. The number of halogens is 6. The van der Waals surface area contributed by atoms with Crippen LogP contribution in [0.1, 0.15) is 32.6 Å². The van der Waals surface area contributed by atoms with Crippen LogP contribution in [0.5, 0.6) is 0 Å². The molecule has 1 amide bonds. The fraction of sp³-hybridized carbons (Fsp3) is 0.933. The zero-order valence-electron chi connectivity index (χ0n) is 14.7. The van der Waals surface area contributed by atoms with E-state index >= 15 is 0 Å². The molecule has 2 heterocycles. The summed E-state index contributed by atoms with van der Waals surface area (Å²) < 4.78 is 104. The summed E-state index contributed by atoms with van der Waals surface area (Å²) in [5, 5.41) is 0. The van der Waals surface area contributed by atoms with E-state index in [1.165, 1.54) is 0 Å². The predicted molar refractivity (Wildman–Crippen MR) is 84.1 cm³/mol. The van der Waals surface area contributed by atoms with Gasteiger partial charge in [-0.1, -0.05) is 6.92 Å². The zero-order valence-corrected chi connectivity index (χ0v) is 15.6. The normalized spacial score (nSPS) is 25.0. The Morgan fingerprint density at radius 2 is 1.70 bits per heavy atom. The molecule has 2 aliphatic rings. The Morgan fingerprint density at radius 1 is 1.11 bits per heavy atom. The van der Waals surface area contributed by atoms with E-state index < -0.39 is 59.1 Å². The van der Waals surface area contributed by atoms with Gasteiger partial charge < -0.3 is 4.90 Å². The van der Waals surface area contributed by atoms with E-state index in [0.29, 0.717) is 17.7 Å². The fourth-order valence-corrected chi connectivity index (χ4v) is 5.25. The molecule has 0 aliphatic carbocycles. The highest BCUT2D eigenvalue weighted by atomic mass is 32.2. The van der Waals surface area contributed by atoms with Crippen LogP contribution in [0, 0.1) is 11.3 Å². The Balaban J connectivity index is 2.15. The second-order valence-electron chi connectivity index (χ2n) is 7.10. The molecule has 2 fully saturated rings. The van der Waals surface area contributed by atoms with E-state index in [-0.39, 0.29) is 25.3 Å². The van der Waals surface area contributed by atoms with Crippen molar-refractivity contribution < 1.29 is 39.6 Å². The number of sulfonamides is 1. The molecule has 158 valence electrons. The first-order valence-corrected chi connectivity index (χ1v) is 10.3. The lowest BCUT2D eigenvalue weighted by atomic mass is 9.85. The molecule has 0 saturated carbocycles. The van der Waals surface area contributed by atoms with Gasteiger partial charge in [0.1, 0.15) is 0 Å². The van der Waals surface area contributed by atoms with Crippen LogP contribution in [0.4, 0.5) is 26.3 Å². The maximum Gasteiger partial charge on any atom is 0.404 e. The summed E-state index contributed by atoms with van der Waals surface area (Å²) in [5.74, 6) is -1.90. The third-order valence-corrected chi connectivity index (χ3v) is 7.30. The lowest BCUT2D eigenvalue weighted by molar-refractivity contribution is -0.334. The van der Waals surface area contributed by atoms with Crippen molar-refractivity contribution in [3.8, 4) is 0 Å². The number of rotatable bonds is 4. The van der Waals surface area contributed by atoms with Gasteiger partial charge in [0.2, 0.25) is 15.9 Å². The molecule has 0 N–H and O–H groups in total. The Bertz CT molecular complexity index is 647. The molecular formula is C15H22F6N2O3S. The van der Waals surface area contributed by atoms with Crippen LogP contribution in [0.2, 0.25) is 0 Å². The number of carbonyl (C=O) groups excluding carboxylic acids is 1. The maximum absolute atomic E-state index is 13.1. The van der Waals surface area contributed by atoms with Gasteiger partial charge in [-0.05, 0) is 25.7 Å². The number of alkyl halides is 6. The van der Waals surface area contributed by atoms with Crippen molar-refractivity contribution in [2.24, 2.45) is 11.3 Å². The van der Waals surface area contributed by atoms with Gasteiger partial charge in [0.25, 0.3) is 0 Å². The van der Waals surface area contributed by atoms with E-state index in [0.717, 1.165) is 4.31 Å². The van der Waals surface area contributed by atoms with Crippen LogP contribution in [0.3, 0.4) is 0 Å². The summed E-state index contributed by atoms with van der Waals surface area (Å²) >= 11 is 0. The highest BCUT2D eigenvalue weighted by molar-refractivity contribution is 7.89. The molecule has 0 radical (unpaired) electrons. The van der Waals surface area contributed by atoms with Crippen LogP contribution in [0.25, 0.3) is 0 Å². The standard InChI is InChI=1S/C15H22F6N2O3S/c1-2-8-27(25,26)23-6-3-4-11(9-23)12(24)22-7-5-13(10-22,14(16,17)18)15(19,20)21/h11H,2-10H2,1H3. The molecule has 2 aliphatic heterocycles. The summed E-state index contributed by atoms with van der Waals surface area (Å²) in [4.78, 5) is 13.1. The first kappa shape index (κ1) is 22.3. The average molecular weight is 424 g/mol. The highest BCUT2D eigenvalue weighted by Gasteiger charge is 2.73. The van der Waals surface area contributed by atoms with Crippen molar-refractivity contribution in [3.05, 3.63) is 0 Å². The first-order chi connectivity index (χ1) is 12.2. The van der Waals surface area contributed by atoms with Crippen molar-refractivity contribution >= 4 is 15.9 Å². The van der Waals surface area contributed by atoms with Crippen LogP contribution in [0.15, 0.2) is 0 Å². The van der Waals surface area contributed by atoms with E-state index in [1.807, 2.05) is 0 Å². The molecule has 27 heavy (non-hydrogen) atoms. The molecule has 2 saturated heterocycles. The second kappa shape index (κ2) is 7.41. The third-order valence-electron chi connectivity index (χ3n) is 5.26. The summed E-state index contributed by atoms with van der Waals surface area (Å²) in [6, 6.07) is 0. The van der Waals surface area contributed by atoms with Gasteiger partial charge in [0.05, 0.1) is 11.7 Å². The SMILES string of the molecule is CCCS(=O)(=O)N1CCCC(C(=O)N2CCC(C(F)(F)F)(C(F)(F)F)C2)C1. The Kier molecular flexibility index (Phi) is 6.11. The summed E-state index contributed by atoms with van der Waals surface area (Å²) in [6.07, 6.45) is -11.4. The van der Waals surface area contributed by atoms with Gasteiger partial charge in [-0.25, -0.2) is 12.7 Å². The summed E-state index contributed by atoms with van der Waals surface area (Å²) in [5.41, 5.74) is -3.93. The van der Waals surface area contributed by atoms with Crippen molar-refractivity contribution in [2.75, 3.05) is 31.9 Å². The van der Waals surface area contributed by atoms with Crippen molar-refractivity contribution in [2.45, 2.75) is 45.0 Å². The van der Waals surface area contributed by atoms with E-state index in [2.05, 4.69) is 0 Å². The molecule has 2 rings (SSSR count). The monoisotopic (exact) mass is 424 g/mol. The molecular weight excluding hydrogens is 402 g/mol. The number of nitrogens with zero attached hydrogens (tertiary/aromatic N) is 2. The second-order valence-corrected chi connectivity index (χ2v) is 9.19. The highest BCUT2D eigenvalue weighted by Crippen LogP contribution is 2.55. The minimum atomic E-state index is -5.52. The minimum absolute atomic E-state index is 0.122. The largest absolute Gasteiger partial charge is 0.404 e. The zero-order chi connectivity index (χ0) is 20.7. The third kappa shape index (κ3) is 4.20. The Hall–Kier alpha value is -1.04.